The Morgan fingerprint density at radius 3 is 1.49 bits per heavy atom. The average molecular weight is 541 g/mol. The monoisotopic (exact) mass is 540 g/mol. The Balaban J connectivity index is 1.78. The van der Waals surface area contributed by atoms with Crippen molar-refractivity contribution in [3.05, 3.63) is 148 Å². The van der Waals surface area contributed by atoms with Gasteiger partial charge in [0, 0.05) is 37.6 Å². The van der Waals surface area contributed by atoms with E-state index in [1.807, 2.05) is 0 Å². The predicted molar refractivity (Wildman–Crippen MR) is 181 cm³/mol. The van der Waals surface area contributed by atoms with Crippen LogP contribution in [0, 0.1) is 6.92 Å². The van der Waals surface area contributed by atoms with Crippen LogP contribution in [0.15, 0.2) is 115 Å². The van der Waals surface area contributed by atoms with Crippen LogP contribution in [0.4, 0.5) is 11.4 Å². The van der Waals surface area contributed by atoms with E-state index < -0.39 is 0 Å². The third-order valence-electron chi connectivity index (χ3n) is 7.77. The van der Waals surface area contributed by atoms with E-state index in [0.29, 0.717) is 0 Å². The Kier molecular flexibility index (Phi) is 10.4. The summed E-state index contributed by atoms with van der Waals surface area (Å²) in [5.41, 5.74) is 9.79. The van der Waals surface area contributed by atoms with Crippen LogP contribution in [-0.2, 0) is 0 Å². The third kappa shape index (κ3) is 7.46. The number of hydrogen-bond donors (Lipinski definition) is 0. The van der Waals surface area contributed by atoms with Crippen LogP contribution in [0.2, 0.25) is 0 Å². The first-order chi connectivity index (χ1) is 20.0. The molecule has 0 aliphatic heterocycles. The minimum absolute atomic E-state index is 1.000. The fourth-order valence-corrected chi connectivity index (χ4v) is 5.26. The lowest BCUT2D eigenvalue weighted by Gasteiger charge is -2.21. The van der Waals surface area contributed by atoms with Crippen molar-refractivity contribution in [1.82, 2.24) is 0 Å². The van der Waals surface area contributed by atoms with Crippen LogP contribution in [-0.4, -0.2) is 26.2 Å². The lowest BCUT2D eigenvalue weighted by atomic mass is 9.95. The molecule has 2 nitrogen and oxygen atoms in total. The Labute approximate surface area is 247 Å². The second-order valence-electron chi connectivity index (χ2n) is 10.4. The number of hydrogen-bond acceptors (Lipinski definition) is 2. The van der Waals surface area contributed by atoms with E-state index in [-0.39, 0.29) is 0 Å². The van der Waals surface area contributed by atoms with Gasteiger partial charge in [-0.3, -0.25) is 0 Å². The molecule has 0 N–H and O–H groups in total. The minimum atomic E-state index is 1.000. The third-order valence-corrected chi connectivity index (χ3v) is 7.77. The van der Waals surface area contributed by atoms with Crippen LogP contribution in [0.25, 0.3) is 17.7 Å². The lowest BCUT2D eigenvalue weighted by Crippen LogP contribution is -2.21. The standard InChI is InChI=1S/C39H44N2/c1-7-40(8-2)36-26-22-34(23-27-36)38(32-18-14-30(5)15-19-32)12-11-13-39(33-20-16-31(6)17-21-33)35-24-28-37(29-25-35)41(9-3)10-4/h11-29H,5,7-10H2,1-4,6H3/b12-11+,39-13-. The number of rotatable bonds is 11. The molecular weight excluding hydrogens is 496 g/mol. The second kappa shape index (κ2) is 14.4. The van der Waals surface area contributed by atoms with E-state index in [2.05, 4.69) is 166 Å². The summed E-state index contributed by atoms with van der Waals surface area (Å²) in [5.74, 6) is 0. The highest BCUT2D eigenvalue weighted by molar-refractivity contribution is 5.83. The molecule has 0 atom stereocenters. The number of allylic oxidation sites excluding steroid dienone is 3. The summed E-state index contributed by atoms with van der Waals surface area (Å²) in [6.45, 7) is 19.0. The fourth-order valence-electron chi connectivity index (χ4n) is 5.26. The maximum absolute atomic E-state index is 4.08. The quantitative estimate of drug-likeness (QED) is 0.178. The van der Waals surface area contributed by atoms with Crippen molar-refractivity contribution in [2.24, 2.45) is 0 Å². The molecular formula is C39H44N2. The largest absolute Gasteiger partial charge is 0.372 e. The Hall–Kier alpha value is -4.30. The highest BCUT2D eigenvalue weighted by Gasteiger charge is 2.08. The molecule has 2 heteroatoms. The zero-order chi connectivity index (χ0) is 29.2. The molecule has 0 saturated carbocycles. The number of nitrogens with zero attached hydrogens (tertiary/aromatic N) is 2. The summed E-state index contributed by atoms with van der Waals surface area (Å²) in [4.78, 5) is 4.75. The smallest absolute Gasteiger partial charge is 0.0366 e. The molecule has 210 valence electrons. The number of benzene rings is 4. The fraction of sp³-hybridized carbons (Fsp3) is 0.231. The molecule has 0 aliphatic carbocycles. The van der Waals surface area contributed by atoms with Gasteiger partial charge in [-0.1, -0.05) is 103 Å². The van der Waals surface area contributed by atoms with Gasteiger partial charge in [0.2, 0.25) is 0 Å². The summed E-state index contributed by atoms with van der Waals surface area (Å²) in [6.07, 6.45) is 6.68. The van der Waals surface area contributed by atoms with Crippen LogP contribution in [0.3, 0.4) is 0 Å². The van der Waals surface area contributed by atoms with E-state index in [1.54, 1.807) is 0 Å². The SMILES string of the molecule is C=c1ccc(=C(/C=C/C=C(/c2ccc(C)cc2)c2ccc(N(CC)CC)cc2)c2ccc(N(CC)CC)cc2)cc1. The van der Waals surface area contributed by atoms with Gasteiger partial charge in [0.25, 0.3) is 0 Å². The van der Waals surface area contributed by atoms with Crippen molar-refractivity contribution in [2.45, 2.75) is 34.6 Å². The molecule has 0 amide bonds. The molecule has 0 spiro atoms. The molecule has 4 aromatic carbocycles. The summed E-state index contributed by atoms with van der Waals surface area (Å²) in [7, 11) is 0. The summed E-state index contributed by atoms with van der Waals surface area (Å²) < 4.78 is 0. The van der Waals surface area contributed by atoms with E-state index >= 15 is 0 Å². The molecule has 0 bridgehead atoms. The molecule has 0 radical (unpaired) electrons. The van der Waals surface area contributed by atoms with Gasteiger partial charge in [-0.25, -0.2) is 0 Å². The highest BCUT2D eigenvalue weighted by atomic mass is 15.1. The van der Waals surface area contributed by atoms with Gasteiger partial charge in [-0.05, 0) is 97.2 Å². The van der Waals surface area contributed by atoms with Gasteiger partial charge < -0.3 is 9.80 Å². The van der Waals surface area contributed by atoms with Crippen molar-refractivity contribution in [2.75, 3.05) is 36.0 Å². The zero-order valence-electron chi connectivity index (χ0n) is 25.4. The van der Waals surface area contributed by atoms with Gasteiger partial charge in [0.05, 0.1) is 0 Å². The summed E-state index contributed by atoms with van der Waals surface area (Å²) >= 11 is 0. The van der Waals surface area contributed by atoms with E-state index in [1.165, 1.54) is 50.0 Å². The van der Waals surface area contributed by atoms with E-state index in [0.717, 1.165) is 31.4 Å². The second-order valence-corrected chi connectivity index (χ2v) is 10.4. The minimum Gasteiger partial charge on any atom is -0.372 e. The molecule has 41 heavy (non-hydrogen) atoms. The molecule has 0 heterocycles. The van der Waals surface area contributed by atoms with Gasteiger partial charge >= 0.3 is 0 Å². The molecule has 0 fully saturated rings. The molecule has 0 unspecified atom stereocenters. The normalized spacial score (nSPS) is 11.6. The molecule has 0 aliphatic rings. The van der Waals surface area contributed by atoms with Gasteiger partial charge in [-0.15, -0.1) is 0 Å². The van der Waals surface area contributed by atoms with Crippen LogP contribution < -0.4 is 20.2 Å². The Morgan fingerprint density at radius 1 is 0.585 bits per heavy atom. The van der Waals surface area contributed by atoms with E-state index in [4.69, 9.17) is 0 Å². The first-order valence-electron chi connectivity index (χ1n) is 14.9. The van der Waals surface area contributed by atoms with Gasteiger partial charge in [0.1, 0.15) is 0 Å². The summed E-state index contributed by atoms with van der Waals surface area (Å²) in [5, 5.41) is 2.20. The van der Waals surface area contributed by atoms with E-state index in [9.17, 15) is 0 Å². The van der Waals surface area contributed by atoms with Crippen molar-refractivity contribution >= 4 is 29.1 Å². The molecule has 4 aromatic rings. The molecule has 0 aromatic heterocycles. The zero-order valence-corrected chi connectivity index (χ0v) is 25.4. The molecule has 0 saturated heterocycles. The van der Waals surface area contributed by atoms with Crippen molar-refractivity contribution in [3.63, 3.8) is 0 Å². The first-order valence-corrected chi connectivity index (χ1v) is 14.9. The first kappa shape index (κ1) is 29.7. The van der Waals surface area contributed by atoms with Gasteiger partial charge in [0.15, 0.2) is 0 Å². The predicted octanol–water partition coefficient (Wildman–Crippen LogP) is 7.98. The maximum atomic E-state index is 4.08. The topological polar surface area (TPSA) is 6.48 Å². The van der Waals surface area contributed by atoms with Crippen LogP contribution in [0.5, 0.6) is 0 Å². The van der Waals surface area contributed by atoms with Crippen LogP contribution in [0.1, 0.15) is 49.9 Å². The highest BCUT2D eigenvalue weighted by Crippen LogP contribution is 2.27. The molecule has 4 rings (SSSR count). The van der Waals surface area contributed by atoms with Crippen molar-refractivity contribution in [3.8, 4) is 0 Å². The number of aryl methyl sites for hydroxylation is 1. The lowest BCUT2D eigenvalue weighted by molar-refractivity contribution is 0.866. The average Bonchev–Trinajstić information content (AvgIpc) is 3.01. The maximum Gasteiger partial charge on any atom is 0.0366 e. The van der Waals surface area contributed by atoms with Crippen molar-refractivity contribution in [1.29, 1.82) is 0 Å². The Bertz CT molecular complexity index is 1540. The van der Waals surface area contributed by atoms with Gasteiger partial charge in [-0.2, -0.15) is 0 Å². The van der Waals surface area contributed by atoms with Crippen molar-refractivity contribution < 1.29 is 0 Å². The number of anilines is 2. The summed E-state index contributed by atoms with van der Waals surface area (Å²) in [6, 6.07) is 35.2. The van der Waals surface area contributed by atoms with Crippen LogP contribution >= 0.6 is 0 Å². The Morgan fingerprint density at radius 2 is 1.02 bits per heavy atom.